The van der Waals surface area contributed by atoms with E-state index in [2.05, 4.69) is 10.1 Å². The molecule has 0 unspecified atom stereocenters. The van der Waals surface area contributed by atoms with Crippen molar-refractivity contribution < 1.29 is 4.39 Å². The summed E-state index contributed by atoms with van der Waals surface area (Å²) in [5.41, 5.74) is 5.42. The standard InChI is InChI=1S/C6H7FN4/c7-5-3-10-2-1-4(5)6(8)11-9/h1-3H,9H2,(H2,8,11). The molecule has 11 heavy (non-hydrogen) atoms. The third kappa shape index (κ3) is 1.43. The van der Waals surface area contributed by atoms with Crippen molar-refractivity contribution in [2.75, 3.05) is 0 Å². The van der Waals surface area contributed by atoms with Crippen LogP contribution in [0.3, 0.4) is 0 Å². The topological polar surface area (TPSA) is 77.3 Å². The van der Waals surface area contributed by atoms with Gasteiger partial charge >= 0.3 is 0 Å². The van der Waals surface area contributed by atoms with Crippen LogP contribution in [0, 0.1) is 5.82 Å². The Morgan fingerprint density at radius 2 is 2.36 bits per heavy atom. The fraction of sp³-hybridized carbons (Fsp3) is 0. The van der Waals surface area contributed by atoms with Crippen LogP contribution in [0.2, 0.25) is 0 Å². The van der Waals surface area contributed by atoms with Gasteiger partial charge in [-0.2, -0.15) is 5.10 Å². The molecule has 0 bridgehead atoms. The van der Waals surface area contributed by atoms with E-state index in [4.69, 9.17) is 11.6 Å². The van der Waals surface area contributed by atoms with Crippen LogP contribution in [-0.4, -0.2) is 10.8 Å². The monoisotopic (exact) mass is 154 g/mol. The SMILES string of the molecule is NN=C(N)c1ccncc1F. The number of rotatable bonds is 1. The number of hydrazone groups is 1. The van der Waals surface area contributed by atoms with Crippen LogP contribution >= 0.6 is 0 Å². The zero-order valence-electron chi connectivity index (χ0n) is 5.66. The van der Waals surface area contributed by atoms with Gasteiger partial charge < -0.3 is 11.6 Å². The predicted molar refractivity (Wildman–Crippen MR) is 39.1 cm³/mol. The molecule has 1 heterocycles. The van der Waals surface area contributed by atoms with Gasteiger partial charge in [-0.25, -0.2) is 4.39 Å². The number of nitrogens with zero attached hydrogens (tertiary/aromatic N) is 2. The average molecular weight is 154 g/mol. The average Bonchev–Trinajstić information content (AvgIpc) is 2.04. The largest absolute Gasteiger partial charge is 0.382 e. The molecular weight excluding hydrogens is 147 g/mol. The minimum absolute atomic E-state index is 0.0371. The Balaban J connectivity index is 3.14. The Bertz CT molecular complexity index is 284. The molecule has 0 amide bonds. The van der Waals surface area contributed by atoms with Crippen LogP contribution in [0.1, 0.15) is 5.56 Å². The molecule has 4 N–H and O–H groups in total. The van der Waals surface area contributed by atoms with Crippen molar-refractivity contribution in [2.45, 2.75) is 0 Å². The van der Waals surface area contributed by atoms with E-state index < -0.39 is 5.82 Å². The lowest BCUT2D eigenvalue weighted by molar-refractivity contribution is 0.618. The van der Waals surface area contributed by atoms with Gasteiger partial charge in [0, 0.05) is 6.20 Å². The van der Waals surface area contributed by atoms with Crippen LogP contribution in [0.25, 0.3) is 0 Å². The van der Waals surface area contributed by atoms with Crippen LogP contribution in [0.5, 0.6) is 0 Å². The number of nitrogens with two attached hydrogens (primary N) is 2. The second-order valence-electron chi connectivity index (χ2n) is 1.87. The summed E-state index contributed by atoms with van der Waals surface area (Å²) < 4.78 is 12.7. The maximum Gasteiger partial charge on any atom is 0.153 e. The lowest BCUT2D eigenvalue weighted by atomic mass is 10.2. The lowest BCUT2D eigenvalue weighted by Crippen LogP contribution is -2.17. The number of pyridine rings is 1. The summed E-state index contributed by atoms with van der Waals surface area (Å²) in [5.74, 6) is 4.28. The van der Waals surface area contributed by atoms with Crippen LogP contribution < -0.4 is 11.6 Å². The van der Waals surface area contributed by atoms with E-state index in [0.717, 1.165) is 6.20 Å². The highest BCUT2D eigenvalue weighted by Gasteiger charge is 2.03. The normalized spacial score (nSPS) is 11.5. The third-order valence-corrected chi connectivity index (χ3v) is 1.19. The van der Waals surface area contributed by atoms with Gasteiger partial charge in [0.15, 0.2) is 11.7 Å². The smallest absolute Gasteiger partial charge is 0.153 e. The Hall–Kier alpha value is -1.65. The number of aromatic nitrogens is 1. The fourth-order valence-corrected chi connectivity index (χ4v) is 0.652. The van der Waals surface area contributed by atoms with E-state index in [1.807, 2.05) is 0 Å². The first-order valence-corrected chi connectivity index (χ1v) is 2.89. The molecular formula is C6H7FN4. The Morgan fingerprint density at radius 3 is 2.91 bits per heavy atom. The first kappa shape index (κ1) is 7.46. The van der Waals surface area contributed by atoms with Crippen molar-refractivity contribution in [1.29, 1.82) is 0 Å². The Kier molecular flexibility index (Phi) is 2.00. The van der Waals surface area contributed by atoms with Crippen molar-refractivity contribution in [3.8, 4) is 0 Å². The molecule has 4 nitrogen and oxygen atoms in total. The fourth-order valence-electron chi connectivity index (χ4n) is 0.652. The number of hydrogen-bond acceptors (Lipinski definition) is 3. The lowest BCUT2D eigenvalue weighted by Gasteiger charge is -1.98. The molecule has 0 aliphatic carbocycles. The van der Waals surface area contributed by atoms with Crippen LogP contribution in [0.15, 0.2) is 23.6 Å². The number of hydrogen-bond donors (Lipinski definition) is 2. The van der Waals surface area contributed by atoms with Gasteiger partial charge in [-0.3, -0.25) is 4.98 Å². The molecule has 0 aromatic carbocycles. The molecule has 1 aromatic rings. The minimum atomic E-state index is -0.529. The van der Waals surface area contributed by atoms with E-state index in [1.54, 1.807) is 0 Å². The third-order valence-electron chi connectivity index (χ3n) is 1.19. The summed E-state index contributed by atoms with van der Waals surface area (Å²) in [6, 6.07) is 1.40. The van der Waals surface area contributed by atoms with Gasteiger partial charge in [-0.05, 0) is 6.07 Å². The van der Waals surface area contributed by atoms with Crippen molar-refractivity contribution in [3.63, 3.8) is 0 Å². The maximum atomic E-state index is 12.7. The second-order valence-corrected chi connectivity index (χ2v) is 1.87. The van der Waals surface area contributed by atoms with Gasteiger partial charge in [0.2, 0.25) is 0 Å². The zero-order chi connectivity index (χ0) is 8.27. The molecule has 0 saturated carbocycles. The molecule has 58 valence electrons. The Labute approximate surface area is 62.7 Å². The minimum Gasteiger partial charge on any atom is -0.382 e. The van der Waals surface area contributed by atoms with Gasteiger partial charge in [-0.15, -0.1) is 0 Å². The predicted octanol–water partition coefficient (Wildman–Crippen LogP) is -0.200. The highest BCUT2D eigenvalue weighted by Crippen LogP contribution is 2.02. The summed E-state index contributed by atoms with van der Waals surface area (Å²) in [5, 5.41) is 3.15. The molecule has 0 fully saturated rings. The molecule has 0 radical (unpaired) electrons. The van der Waals surface area contributed by atoms with E-state index in [1.165, 1.54) is 12.3 Å². The Morgan fingerprint density at radius 1 is 1.64 bits per heavy atom. The molecule has 0 spiro atoms. The summed E-state index contributed by atoms with van der Waals surface area (Å²) in [4.78, 5) is 3.54. The van der Waals surface area contributed by atoms with Gasteiger partial charge in [0.25, 0.3) is 0 Å². The van der Waals surface area contributed by atoms with E-state index in [-0.39, 0.29) is 11.4 Å². The summed E-state index contributed by atoms with van der Waals surface area (Å²) >= 11 is 0. The first-order valence-electron chi connectivity index (χ1n) is 2.89. The van der Waals surface area contributed by atoms with Gasteiger partial charge in [0.05, 0.1) is 11.8 Å². The van der Waals surface area contributed by atoms with Crippen molar-refractivity contribution in [1.82, 2.24) is 4.98 Å². The van der Waals surface area contributed by atoms with Crippen molar-refractivity contribution in [2.24, 2.45) is 16.7 Å². The van der Waals surface area contributed by atoms with E-state index in [0.29, 0.717) is 0 Å². The van der Waals surface area contributed by atoms with Crippen molar-refractivity contribution in [3.05, 3.63) is 29.8 Å². The van der Waals surface area contributed by atoms with Crippen LogP contribution in [-0.2, 0) is 0 Å². The van der Waals surface area contributed by atoms with E-state index >= 15 is 0 Å². The highest BCUT2D eigenvalue weighted by atomic mass is 19.1. The summed E-state index contributed by atoms with van der Waals surface area (Å²) in [6.07, 6.45) is 2.46. The van der Waals surface area contributed by atoms with E-state index in [9.17, 15) is 4.39 Å². The molecule has 1 aromatic heterocycles. The molecule has 5 heteroatoms. The van der Waals surface area contributed by atoms with Crippen LogP contribution in [0.4, 0.5) is 4.39 Å². The first-order chi connectivity index (χ1) is 5.25. The molecule has 0 aliphatic rings. The number of amidine groups is 1. The molecule has 0 saturated heterocycles. The zero-order valence-corrected chi connectivity index (χ0v) is 5.66. The quantitative estimate of drug-likeness (QED) is 0.254. The highest BCUT2D eigenvalue weighted by molar-refractivity contribution is 5.97. The van der Waals surface area contributed by atoms with Gasteiger partial charge in [0.1, 0.15) is 0 Å². The number of halogens is 1. The van der Waals surface area contributed by atoms with Crippen molar-refractivity contribution >= 4 is 5.84 Å². The molecule has 0 aliphatic heterocycles. The summed E-state index contributed by atoms with van der Waals surface area (Å²) in [7, 11) is 0. The van der Waals surface area contributed by atoms with Gasteiger partial charge in [-0.1, -0.05) is 0 Å². The molecule has 0 atom stereocenters. The maximum absolute atomic E-state index is 12.7. The molecule has 1 rings (SSSR count). The second kappa shape index (κ2) is 2.96. The summed E-state index contributed by atoms with van der Waals surface area (Å²) in [6.45, 7) is 0.